The van der Waals surface area contributed by atoms with E-state index in [1.807, 2.05) is 10.8 Å². The Hall–Kier alpha value is -1.88. The summed E-state index contributed by atoms with van der Waals surface area (Å²) in [5.41, 5.74) is 0.751. The maximum absolute atomic E-state index is 11.5. The van der Waals surface area contributed by atoms with Crippen LogP contribution in [0.1, 0.15) is 18.4 Å². The molecule has 0 fully saturated rings. The van der Waals surface area contributed by atoms with E-state index in [1.54, 1.807) is 30.3 Å². The van der Waals surface area contributed by atoms with Gasteiger partial charge in [-0.3, -0.25) is 4.79 Å². The Morgan fingerprint density at radius 2 is 1.94 bits per heavy atom. The van der Waals surface area contributed by atoms with Gasteiger partial charge in [-0.1, -0.05) is 36.4 Å². The molecular formula is C13H15NO3S. The fourth-order valence-electron chi connectivity index (χ4n) is 1.21. The number of rotatable bonds is 6. The van der Waals surface area contributed by atoms with Gasteiger partial charge in [0.2, 0.25) is 5.91 Å². The lowest BCUT2D eigenvalue weighted by molar-refractivity contribution is -0.119. The zero-order valence-corrected chi connectivity index (χ0v) is 10.7. The highest BCUT2D eigenvalue weighted by atomic mass is 32.2. The number of amides is 1. The Bertz CT molecular complexity index is 533. The number of carbonyl (C=O) groups excluding carboxylic acids is 1. The molecule has 1 aromatic carbocycles. The van der Waals surface area contributed by atoms with Crippen LogP contribution >= 0.6 is 0 Å². The first-order chi connectivity index (χ1) is 8.53. The lowest BCUT2D eigenvalue weighted by Gasteiger charge is -2.01. The van der Waals surface area contributed by atoms with Crippen molar-refractivity contribution >= 4 is 22.0 Å². The molecule has 1 rings (SSSR count). The first-order valence-corrected chi connectivity index (χ1v) is 6.98. The van der Waals surface area contributed by atoms with Crippen molar-refractivity contribution in [2.75, 3.05) is 0 Å². The largest absolute Gasteiger partial charge is 0.274 e. The maximum atomic E-state index is 11.5. The molecule has 1 N–H and O–H groups in total. The molecule has 0 saturated heterocycles. The number of carbonyl (C=O) groups is 1. The average molecular weight is 265 g/mol. The van der Waals surface area contributed by atoms with E-state index in [1.165, 1.54) is 6.08 Å². The third-order valence-corrected chi connectivity index (χ3v) is 3.08. The fraction of sp³-hybridized carbons (Fsp3) is 0.154. The van der Waals surface area contributed by atoms with Crippen LogP contribution in [0.3, 0.4) is 0 Å². The summed E-state index contributed by atoms with van der Waals surface area (Å²) < 4.78 is 25.0. The van der Waals surface area contributed by atoms with Crippen LogP contribution in [0.5, 0.6) is 0 Å². The van der Waals surface area contributed by atoms with E-state index in [0.717, 1.165) is 11.0 Å². The topological polar surface area (TPSA) is 63.2 Å². The fourth-order valence-corrected chi connectivity index (χ4v) is 2.03. The summed E-state index contributed by atoms with van der Waals surface area (Å²) in [5, 5.41) is 0.980. The van der Waals surface area contributed by atoms with Gasteiger partial charge in [-0.15, -0.1) is 6.58 Å². The molecular weight excluding hydrogens is 250 g/mol. The molecule has 4 nitrogen and oxygen atoms in total. The average Bonchev–Trinajstić information content (AvgIpc) is 2.35. The van der Waals surface area contributed by atoms with E-state index in [-0.39, 0.29) is 6.42 Å². The van der Waals surface area contributed by atoms with Crippen LogP contribution in [0.2, 0.25) is 0 Å². The summed E-state index contributed by atoms with van der Waals surface area (Å²) >= 11 is 0. The minimum Gasteiger partial charge on any atom is -0.274 e. The number of benzene rings is 1. The van der Waals surface area contributed by atoms with Gasteiger partial charge in [0.05, 0.1) is 5.41 Å². The van der Waals surface area contributed by atoms with Crippen LogP contribution in [0.4, 0.5) is 0 Å². The molecule has 0 radical (unpaired) electrons. The number of nitrogens with one attached hydrogen (secondary N) is 1. The molecule has 0 aromatic heterocycles. The first-order valence-electron chi connectivity index (χ1n) is 5.43. The van der Waals surface area contributed by atoms with Crippen molar-refractivity contribution in [2.24, 2.45) is 0 Å². The van der Waals surface area contributed by atoms with Gasteiger partial charge in [0.25, 0.3) is 10.0 Å². The minimum absolute atomic E-state index is 0.113. The Morgan fingerprint density at radius 1 is 1.28 bits per heavy atom. The highest BCUT2D eigenvalue weighted by molar-refractivity contribution is 7.93. The normalized spacial score (nSPS) is 11.3. The predicted octanol–water partition coefficient (Wildman–Crippen LogP) is 2.07. The standard InChI is InChI=1S/C13H15NO3S/c1-2-3-9-13(15)14-18(16,17)11-10-12-7-5-4-6-8-12/h2,4-8,10-11H,1,3,9H2,(H,14,15)/b11-10+. The second-order valence-electron chi connectivity index (χ2n) is 3.61. The molecule has 1 amide bonds. The Balaban J connectivity index is 2.62. The molecule has 0 aliphatic heterocycles. The molecule has 0 atom stereocenters. The van der Waals surface area contributed by atoms with E-state index in [9.17, 15) is 13.2 Å². The van der Waals surface area contributed by atoms with Crippen molar-refractivity contribution in [1.82, 2.24) is 4.72 Å². The molecule has 18 heavy (non-hydrogen) atoms. The highest BCUT2D eigenvalue weighted by Crippen LogP contribution is 2.03. The quantitative estimate of drug-likeness (QED) is 0.801. The molecule has 0 aliphatic rings. The van der Waals surface area contributed by atoms with E-state index in [0.29, 0.717) is 6.42 Å². The molecule has 96 valence electrons. The zero-order valence-electron chi connectivity index (χ0n) is 9.87. The Kier molecular flexibility index (Phi) is 5.32. The summed E-state index contributed by atoms with van der Waals surface area (Å²) in [6, 6.07) is 8.98. The van der Waals surface area contributed by atoms with E-state index < -0.39 is 15.9 Å². The van der Waals surface area contributed by atoms with Crippen molar-refractivity contribution in [1.29, 1.82) is 0 Å². The van der Waals surface area contributed by atoms with Gasteiger partial charge in [0, 0.05) is 6.42 Å². The van der Waals surface area contributed by atoms with Crippen LogP contribution in [0.25, 0.3) is 6.08 Å². The third-order valence-electron chi connectivity index (χ3n) is 2.07. The van der Waals surface area contributed by atoms with E-state index in [4.69, 9.17) is 0 Å². The van der Waals surface area contributed by atoms with Gasteiger partial charge in [0.1, 0.15) is 0 Å². The monoisotopic (exact) mass is 265 g/mol. The van der Waals surface area contributed by atoms with Crippen LogP contribution in [-0.4, -0.2) is 14.3 Å². The summed E-state index contributed by atoms with van der Waals surface area (Å²) in [6.45, 7) is 3.46. The summed E-state index contributed by atoms with van der Waals surface area (Å²) in [5.74, 6) is -0.535. The van der Waals surface area contributed by atoms with Gasteiger partial charge in [-0.05, 0) is 18.1 Å². The van der Waals surface area contributed by atoms with Crippen molar-refractivity contribution in [3.63, 3.8) is 0 Å². The van der Waals surface area contributed by atoms with Crippen molar-refractivity contribution in [3.05, 3.63) is 54.0 Å². The van der Waals surface area contributed by atoms with E-state index in [2.05, 4.69) is 6.58 Å². The third kappa shape index (κ3) is 5.45. The van der Waals surface area contributed by atoms with Gasteiger partial charge < -0.3 is 0 Å². The molecule has 0 saturated carbocycles. The van der Waals surface area contributed by atoms with Gasteiger partial charge in [-0.25, -0.2) is 13.1 Å². The lowest BCUT2D eigenvalue weighted by atomic mass is 10.2. The molecule has 0 bridgehead atoms. The molecule has 1 aromatic rings. The van der Waals surface area contributed by atoms with E-state index >= 15 is 0 Å². The number of sulfonamides is 1. The Labute approximate surface area is 107 Å². The highest BCUT2D eigenvalue weighted by Gasteiger charge is 2.09. The second kappa shape index (κ2) is 6.76. The van der Waals surface area contributed by atoms with Crippen molar-refractivity contribution in [2.45, 2.75) is 12.8 Å². The molecule has 0 unspecified atom stereocenters. The smallest absolute Gasteiger partial charge is 0.257 e. The Morgan fingerprint density at radius 3 is 2.56 bits per heavy atom. The predicted molar refractivity (Wildman–Crippen MR) is 72.0 cm³/mol. The van der Waals surface area contributed by atoms with Crippen molar-refractivity contribution in [3.8, 4) is 0 Å². The maximum Gasteiger partial charge on any atom is 0.257 e. The van der Waals surface area contributed by atoms with Crippen LogP contribution in [-0.2, 0) is 14.8 Å². The zero-order chi connectivity index (χ0) is 13.4. The number of hydrogen-bond acceptors (Lipinski definition) is 3. The number of allylic oxidation sites excluding steroid dienone is 1. The first kappa shape index (κ1) is 14.2. The minimum atomic E-state index is -3.72. The SMILES string of the molecule is C=CCCC(=O)NS(=O)(=O)/C=C/c1ccccc1. The lowest BCUT2D eigenvalue weighted by Crippen LogP contribution is -2.28. The summed E-state index contributed by atoms with van der Waals surface area (Å²) in [6.07, 6.45) is 3.56. The molecule has 0 heterocycles. The summed E-state index contributed by atoms with van der Waals surface area (Å²) in [7, 11) is -3.72. The molecule has 0 aliphatic carbocycles. The molecule has 0 spiro atoms. The van der Waals surface area contributed by atoms with Gasteiger partial charge >= 0.3 is 0 Å². The van der Waals surface area contributed by atoms with Gasteiger partial charge in [0.15, 0.2) is 0 Å². The van der Waals surface area contributed by atoms with Crippen molar-refractivity contribution < 1.29 is 13.2 Å². The molecule has 5 heteroatoms. The van der Waals surface area contributed by atoms with Crippen LogP contribution in [0, 0.1) is 0 Å². The second-order valence-corrected chi connectivity index (χ2v) is 5.18. The number of hydrogen-bond donors (Lipinski definition) is 1. The van der Waals surface area contributed by atoms with Gasteiger partial charge in [-0.2, -0.15) is 0 Å². The van der Waals surface area contributed by atoms with Crippen LogP contribution < -0.4 is 4.72 Å². The van der Waals surface area contributed by atoms with Crippen LogP contribution in [0.15, 0.2) is 48.4 Å². The summed E-state index contributed by atoms with van der Waals surface area (Å²) in [4.78, 5) is 11.3.